The van der Waals surface area contributed by atoms with E-state index in [1.807, 2.05) is 28.3 Å². The van der Waals surface area contributed by atoms with E-state index in [9.17, 15) is 9.59 Å². The van der Waals surface area contributed by atoms with E-state index in [1.54, 1.807) is 0 Å². The van der Waals surface area contributed by atoms with Gasteiger partial charge in [-0.1, -0.05) is 29.8 Å². The first-order valence-corrected chi connectivity index (χ1v) is 8.84. The van der Waals surface area contributed by atoms with E-state index in [4.69, 9.17) is 0 Å². The molecule has 0 bridgehead atoms. The molecule has 0 atom stereocenters. The van der Waals surface area contributed by atoms with E-state index in [0.29, 0.717) is 39.0 Å². The van der Waals surface area contributed by atoms with E-state index >= 15 is 0 Å². The zero-order chi connectivity index (χ0) is 17.6. The van der Waals surface area contributed by atoms with E-state index < -0.39 is 0 Å². The van der Waals surface area contributed by atoms with Crippen LogP contribution in [-0.2, 0) is 22.4 Å². The van der Waals surface area contributed by atoms with Gasteiger partial charge in [-0.15, -0.1) is 0 Å². The standard InChI is InChI=1S/C20H25N3O2/c1-16-2-4-17(5-3-16)6-7-19(24)22-10-12-23(13-11-22)20(25)14-18-8-9-21-15-18/h2-5,8-9,15,21H,6-7,10-14H2,1H3. The van der Waals surface area contributed by atoms with Crippen molar-refractivity contribution >= 4 is 11.8 Å². The lowest BCUT2D eigenvalue weighted by Gasteiger charge is -2.35. The van der Waals surface area contributed by atoms with Gasteiger partial charge < -0.3 is 14.8 Å². The number of nitrogens with zero attached hydrogens (tertiary/aromatic N) is 2. The number of hydrogen-bond donors (Lipinski definition) is 1. The summed E-state index contributed by atoms with van der Waals surface area (Å²) in [5.41, 5.74) is 3.43. The minimum Gasteiger partial charge on any atom is -0.367 e. The second-order valence-corrected chi connectivity index (χ2v) is 6.64. The summed E-state index contributed by atoms with van der Waals surface area (Å²) in [6.07, 6.45) is 5.40. The van der Waals surface area contributed by atoms with E-state index in [2.05, 4.69) is 36.2 Å². The highest BCUT2D eigenvalue weighted by Gasteiger charge is 2.23. The molecule has 1 aliphatic rings. The molecule has 2 aromatic rings. The van der Waals surface area contributed by atoms with Crippen LogP contribution >= 0.6 is 0 Å². The second kappa shape index (κ2) is 8.01. The normalized spacial score (nSPS) is 14.6. The Labute approximate surface area is 148 Å². The van der Waals surface area contributed by atoms with Gasteiger partial charge in [0.1, 0.15) is 0 Å². The van der Waals surface area contributed by atoms with Crippen molar-refractivity contribution < 1.29 is 9.59 Å². The fraction of sp³-hybridized carbons (Fsp3) is 0.400. The second-order valence-electron chi connectivity index (χ2n) is 6.64. The van der Waals surface area contributed by atoms with Gasteiger partial charge in [-0.05, 0) is 30.5 Å². The van der Waals surface area contributed by atoms with Crippen molar-refractivity contribution in [2.75, 3.05) is 26.2 Å². The van der Waals surface area contributed by atoms with Crippen LogP contribution < -0.4 is 0 Å². The number of H-pyrrole nitrogens is 1. The Bertz CT molecular complexity index is 699. The Balaban J connectivity index is 1.42. The van der Waals surface area contributed by atoms with Crippen LogP contribution in [0.15, 0.2) is 42.7 Å². The summed E-state index contributed by atoms with van der Waals surface area (Å²) in [6.45, 7) is 4.57. The fourth-order valence-electron chi connectivity index (χ4n) is 3.12. The third kappa shape index (κ3) is 4.72. The van der Waals surface area contributed by atoms with Crippen LogP contribution in [0.2, 0.25) is 0 Å². The van der Waals surface area contributed by atoms with Crippen molar-refractivity contribution in [3.05, 3.63) is 59.4 Å². The number of carbonyl (C=O) groups excluding carboxylic acids is 2. The molecule has 1 aliphatic heterocycles. The first-order valence-electron chi connectivity index (χ1n) is 8.84. The smallest absolute Gasteiger partial charge is 0.227 e. The van der Waals surface area contributed by atoms with Gasteiger partial charge in [0.05, 0.1) is 6.42 Å². The molecule has 1 N–H and O–H groups in total. The van der Waals surface area contributed by atoms with Crippen LogP contribution in [0.5, 0.6) is 0 Å². The van der Waals surface area contributed by atoms with Gasteiger partial charge in [-0.25, -0.2) is 0 Å². The minimum absolute atomic E-state index is 0.131. The minimum atomic E-state index is 0.131. The SMILES string of the molecule is Cc1ccc(CCC(=O)N2CCN(C(=O)Cc3cc[nH]c3)CC2)cc1. The molecule has 5 nitrogen and oxygen atoms in total. The molecule has 3 rings (SSSR count). The Morgan fingerprint density at radius 3 is 2.16 bits per heavy atom. The molecule has 0 spiro atoms. The third-order valence-electron chi connectivity index (χ3n) is 4.75. The molecule has 1 aromatic carbocycles. The molecule has 5 heteroatoms. The number of amides is 2. The lowest BCUT2D eigenvalue weighted by atomic mass is 10.1. The first-order chi connectivity index (χ1) is 12.1. The van der Waals surface area contributed by atoms with Crippen LogP contribution in [0.4, 0.5) is 0 Å². The molecule has 0 saturated carbocycles. The lowest BCUT2D eigenvalue weighted by Crippen LogP contribution is -2.51. The van der Waals surface area contributed by atoms with Crippen molar-refractivity contribution in [2.45, 2.75) is 26.2 Å². The zero-order valence-corrected chi connectivity index (χ0v) is 14.7. The Hall–Kier alpha value is -2.56. The van der Waals surface area contributed by atoms with Crippen molar-refractivity contribution in [2.24, 2.45) is 0 Å². The maximum atomic E-state index is 12.4. The number of nitrogens with one attached hydrogen (secondary N) is 1. The molecular weight excluding hydrogens is 314 g/mol. The summed E-state index contributed by atoms with van der Waals surface area (Å²) >= 11 is 0. The zero-order valence-electron chi connectivity index (χ0n) is 14.7. The van der Waals surface area contributed by atoms with Crippen molar-refractivity contribution in [3.63, 3.8) is 0 Å². The molecule has 0 radical (unpaired) electrons. The highest BCUT2D eigenvalue weighted by atomic mass is 16.2. The van der Waals surface area contributed by atoms with E-state index in [0.717, 1.165) is 12.0 Å². The summed E-state index contributed by atoms with van der Waals surface area (Å²) in [6, 6.07) is 10.2. The van der Waals surface area contributed by atoms with Crippen molar-refractivity contribution in [1.29, 1.82) is 0 Å². The Morgan fingerprint density at radius 2 is 1.56 bits per heavy atom. The average Bonchev–Trinajstić information content (AvgIpc) is 3.14. The molecule has 0 aliphatic carbocycles. The van der Waals surface area contributed by atoms with Gasteiger partial charge in [0.2, 0.25) is 11.8 Å². The fourth-order valence-corrected chi connectivity index (χ4v) is 3.12. The van der Waals surface area contributed by atoms with Crippen molar-refractivity contribution in [1.82, 2.24) is 14.8 Å². The lowest BCUT2D eigenvalue weighted by molar-refractivity contribution is -0.139. The van der Waals surface area contributed by atoms with Gasteiger partial charge in [0.15, 0.2) is 0 Å². The summed E-state index contributed by atoms with van der Waals surface area (Å²) in [5.74, 6) is 0.310. The third-order valence-corrected chi connectivity index (χ3v) is 4.75. The highest BCUT2D eigenvalue weighted by molar-refractivity contribution is 5.80. The average molecular weight is 339 g/mol. The number of rotatable bonds is 5. The Morgan fingerprint density at radius 1 is 0.920 bits per heavy atom. The number of piperazine rings is 1. The number of carbonyl (C=O) groups is 2. The van der Waals surface area contributed by atoms with Gasteiger partial charge in [0.25, 0.3) is 0 Å². The van der Waals surface area contributed by atoms with E-state index in [-0.39, 0.29) is 11.8 Å². The molecule has 132 valence electrons. The quantitative estimate of drug-likeness (QED) is 0.908. The molecule has 1 aromatic heterocycles. The first kappa shape index (κ1) is 17.3. The number of aromatic nitrogens is 1. The van der Waals surface area contributed by atoms with Gasteiger partial charge in [-0.3, -0.25) is 9.59 Å². The predicted octanol–water partition coefficient (Wildman–Crippen LogP) is 2.17. The molecule has 1 fully saturated rings. The summed E-state index contributed by atoms with van der Waals surface area (Å²) in [7, 11) is 0. The maximum Gasteiger partial charge on any atom is 0.227 e. The summed E-state index contributed by atoms with van der Waals surface area (Å²) in [4.78, 5) is 31.4. The summed E-state index contributed by atoms with van der Waals surface area (Å²) < 4.78 is 0. The topological polar surface area (TPSA) is 56.4 Å². The molecule has 25 heavy (non-hydrogen) atoms. The Kier molecular flexibility index (Phi) is 5.53. The summed E-state index contributed by atoms with van der Waals surface area (Å²) in [5, 5.41) is 0. The van der Waals surface area contributed by atoms with Crippen LogP contribution in [0, 0.1) is 6.92 Å². The molecule has 2 heterocycles. The number of aryl methyl sites for hydroxylation is 2. The van der Waals surface area contributed by atoms with Crippen LogP contribution in [-0.4, -0.2) is 52.8 Å². The van der Waals surface area contributed by atoms with Crippen molar-refractivity contribution in [3.8, 4) is 0 Å². The number of hydrogen-bond acceptors (Lipinski definition) is 2. The van der Waals surface area contributed by atoms with Gasteiger partial charge in [0, 0.05) is 45.0 Å². The van der Waals surface area contributed by atoms with Gasteiger partial charge in [-0.2, -0.15) is 0 Å². The molecule has 0 unspecified atom stereocenters. The maximum absolute atomic E-state index is 12.4. The predicted molar refractivity (Wildman–Crippen MR) is 97.2 cm³/mol. The van der Waals surface area contributed by atoms with E-state index in [1.165, 1.54) is 11.1 Å². The monoisotopic (exact) mass is 339 g/mol. The van der Waals surface area contributed by atoms with Crippen LogP contribution in [0.25, 0.3) is 0 Å². The highest BCUT2D eigenvalue weighted by Crippen LogP contribution is 2.10. The van der Waals surface area contributed by atoms with Crippen LogP contribution in [0.1, 0.15) is 23.1 Å². The number of aromatic amines is 1. The van der Waals surface area contributed by atoms with Gasteiger partial charge >= 0.3 is 0 Å². The molecular formula is C20H25N3O2. The molecule has 2 amide bonds. The van der Waals surface area contributed by atoms with Crippen LogP contribution in [0.3, 0.4) is 0 Å². The largest absolute Gasteiger partial charge is 0.367 e. The molecule has 1 saturated heterocycles. The number of benzene rings is 1.